The third kappa shape index (κ3) is 4.71. The molecule has 0 aliphatic rings. The Kier molecular flexibility index (Phi) is 5.67. The number of anilines is 2. The lowest BCUT2D eigenvalue weighted by Crippen LogP contribution is -2.24. The van der Waals surface area contributed by atoms with E-state index in [4.69, 9.17) is 4.42 Å². The van der Waals surface area contributed by atoms with Crippen molar-refractivity contribution >= 4 is 17.3 Å². The molecule has 4 aromatic rings. The molecule has 0 aliphatic heterocycles. The third-order valence-corrected chi connectivity index (χ3v) is 4.55. The van der Waals surface area contributed by atoms with Gasteiger partial charge in [-0.2, -0.15) is 0 Å². The van der Waals surface area contributed by atoms with Crippen LogP contribution in [0.3, 0.4) is 0 Å². The normalized spacial score (nSPS) is 10.5. The number of para-hydroxylation sites is 1. The number of carbonyl (C=O) groups excluding carboxylic acids is 1. The van der Waals surface area contributed by atoms with Crippen LogP contribution in [0.5, 0.6) is 0 Å². The van der Waals surface area contributed by atoms with E-state index in [1.807, 2.05) is 48.5 Å². The van der Waals surface area contributed by atoms with E-state index in [1.165, 1.54) is 5.56 Å². The Bertz CT molecular complexity index is 1030. The van der Waals surface area contributed by atoms with Gasteiger partial charge in [-0.1, -0.05) is 48.5 Å². The average molecular weight is 383 g/mol. The van der Waals surface area contributed by atoms with E-state index in [9.17, 15) is 4.79 Å². The smallest absolute Gasteiger partial charge is 0.270 e. The number of aromatic nitrogens is 1. The van der Waals surface area contributed by atoms with Gasteiger partial charge in [-0.15, -0.1) is 0 Å². The molecule has 0 spiro atoms. The Morgan fingerprint density at radius 1 is 0.862 bits per heavy atom. The second-order valence-electron chi connectivity index (χ2n) is 6.57. The van der Waals surface area contributed by atoms with E-state index in [1.54, 1.807) is 24.6 Å². The lowest BCUT2D eigenvalue weighted by atomic mass is 10.1. The fourth-order valence-corrected chi connectivity index (χ4v) is 3.06. The van der Waals surface area contributed by atoms with Gasteiger partial charge >= 0.3 is 0 Å². The Morgan fingerprint density at radius 2 is 1.62 bits per heavy atom. The van der Waals surface area contributed by atoms with Crippen LogP contribution in [0.15, 0.2) is 102 Å². The number of hydrogen-bond donors (Lipinski definition) is 1. The number of benzene rings is 2. The summed E-state index contributed by atoms with van der Waals surface area (Å²) in [7, 11) is 0. The van der Waals surface area contributed by atoms with Gasteiger partial charge in [0, 0.05) is 12.2 Å². The molecule has 2 heterocycles. The molecule has 0 fully saturated rings. The maximum atomic E-state index is 12.4. The van der Waals surface area contributed by atoms with E-state index in [-0.39, 0.29) is 5.91 Å². The van der Waals surface area contributed by atoms with Gasteiger partial charge in [0.05, 0.1) is 24.7 Å². The van der Waals surface area contributed by atoms with E-state index >= 15 is 0 Å². The van der Waals surface area contributed by atoms with Crippen LogP contribution in [0.2, 0.25) is 0 Å². The lowest BCUT2D eigenvalue weighted by Gasteiger charge is -2.25. The highest BCUT2D eigenvalue weighted by Gasteiger charge is 2.13. The monoisotopic (exact) mass is 383 g/mol. The Hall–Kier alpha value is -3.86. The molecule has 5 nitrogen and oxygen atoms in total. The first kappa shape index (κ1) is 18.5. The van der Waals surface area contributed by atoms with Crippen LogP contribution >= 0.6 is 0 Å². The van der Waals surface area contributed by atoms with Crippen LogP contribution in [-0.2, 0) is 13.1 Å². The van der Waals surface area contributed by atoms with E-state index in [2.05, 4.69) is 39.5 Å². The van der Waals surface area contributed by atoms with Crippen molar-refractivity contribution in [2.24, 2.45) is 0 Å². The fourth-order valence-electron chi connectivity index (χ4n) is 3.06. The molecule has 29 heavy (non-hydrogen) atoms. The summed E-state index contributed by atoms with van der Waals surface area (Å²) in [6, 6.07) is 27.7. The first-order valence-electron chi connectivity index (χ1n) is 9.43. The minimum atomic E-state index is -0.234. The molecule has 0 aliphatic carbocycles. The predicted molar refractivity (Wildman–Crippen MR) is 113 cm³/mol. The average Bonchev–Trinajstić information content (AvgIpc) is 3.31. The zero-order valence-electron chi connectivity index (χ0n) is 15.9. The van der Waals surface area contributed by atoms with Crippen LogP contribution in [0, 0.1) is 0 Å². The summed E-state index contributed by atoms with van der Waals surface area (Å²) in [6.07, 6.45) is 3.32. The van der Waals surface area contributed by atoms with Crippen LogP contribution in [0.1, 0.15) is 21.8 Å². The molecule has 4 rings (SSSR count). The molecule has 5 heteroatoms. The molecular weight excluding hydrogens is 362 g/mol. The Morgan fingerprint density at radius 3 is 2.28 bits per heavy atom. The van der Waals surface area contributed by atoms with Gasteiger partial charge in [-0.05, 0) is 42.0 Å². The van der Waals surface area contributed by atoms with Crippen LogP contribution in [-0.4, -0.2) is 10.9 Å². The second-order valence-corrected chi connectivity index (χ2v) is 6.57. The molecule has 0 unspecified atom stereocenters. The maximum absolute atomic E-state index is 12.4. The first-order chi connectivity index (χ1) is 14.3. The standard InChI is InChI=1S/C24H21N3O2/c28-24(26-17-22-12-7-15-29-22)23-14-13-21(16-25-23)27(20-10-5-2-6-11-20)18-19-8-3-1-4-9-19/h1-16H,17-18H2,(H,26,28). The summed E-state index contributed by atoms with van der Waals surface area (Å²) in [5, 5.41) is 2.81. The number of pyridine rings is 1. The minimum Gasteiger partial charge on any atom is -0.467 e. The SMILES string of the molecule is O=C(NCc1ccco1)c1ccc(N(Cc2ccccc2)c2ccccc2)cn1. The summed E-state index contributed by atoms with van der Waals surface area (Å²) < 4.78 is 5.23. The van der Waals surface area contributed by atoms with Crippen molar-refractivity contribution in [2.75, 3.05) is 4.90 Å². The van der Waals surface area contributed by atoms with Crippen molar-refractivity contribution in [1.29, 1.82) is 0 Å². The minimum absolute atomic E-state index is 0.234. The van der Waals surface area contributed by atoms with Gasteiger partial charge < -0.3 is 14.6 Å². The van der Waals surface area contributed by atoms with Crippen LogP contribution < -0.4 is 10.2 Å². The molecule has 2 aromatic carbocycles. The number of nitrogens with zero attached hydrogens (tertiary/aromatic N) is 2. The Balaban J connectivity index is 1.52. The number of amides is 1. The van der Waals surface area contributed by atoms with E-state index in [0.29, 0.717) is 24.5 Å². The third-order valence-electron chi connectivity index (χ3n) is 4.55. The molecular formula is C24H21N3O2. The zero-order valence-corrected chi connectivity index (χ0v) is 15.9. The first-order valence-corrected chi connectivity index (χ1v) is 9.43. The highest BCUT2D eigenvalue weighted by atomic mass is 16.3. The number of hydrogen-bond acceptors (Lipinski definition) is 4. The van der Waals surface area contributed by atoms with Crippen molar-refractivity contribution in [2.45, 2.75) is 13.1 Å². The highest BCUT2D eigenvalue weighted by molar-refractivity contribution is 5.92. The summed E-state index contributed by atoms with van der Waals surface area (Å²) >= 11 is 0. The molecule has 0 radical (unpaired) electrons. The summed E-state index contributed by atoms with van der Waals surface area (Å²) in [5.41, 5.74) is 3.54. The van der Waals surface area contributed by atoms with Gasteiger partial charge in [0.15, 0.2) is 0 Å². The molecule has 1 N–H and O–H groups in total. The maximum Gasteiger partial charge on any atom is 0.270 e. The van der Waals surface area contributed by atoms with Crippen LogP contribution in [0.4, 0.5) is 11.4 Å². The summed E-state index contributed by atoms with van der Waals surface area (Å²) in [5.74, 6) is 0.468. The highest BCUT2D eigenvalue weighted by Crippen LogP contribution is 2.27. The molecule has 2 aromatic heterocycles. The molecule has 0 atom stereocenters. The van der Waals surface area contributed by atoms with Crippen molar-refractivity contribution in [3.8, 4) is 0 Å². The van der Waals surface area contributed by atoms with Gasteiger partial charge in [0.25, 0.3) is 5.91 Å². The van der Waals surface area contributed by atoms with Crippen molar-refractivity contribution in [1.82, 2.24) is 10.3 Å². The quantitative estimate of drug-likeness (QED) is 0.491. The predicted octanol–water partition coefficient (Wildman–Crippen LogP) is 4.94. The van der Waals surface area contributed by atoms with Crippen molar-refractivity contribution in [3.05, 3.63) is 114 Å². The number of carbonyl (C=O) groups is 1. The Labute approximate surface area is 169 Å². The van der Waals surface area contributed by atoms with Crippen molar-refractivity contribution < 1.29 is 9.21 Å². The summed E-state index contributed by atoms with van der Waals surface area (Å²) in [6.45, 7) is 1.04. The molecule has 144 valence electrons. The number of nitrogens with one attached hydrogen (secondary N) is 1. The van der Waals surface area contributed by atoms with Gasteiger partial charge in [0.2, 0.25) is 0 Å². The van der Waals surface area contributed by atoms with Crippen LogP contribution in [0.25, 0.3) is 0 Å². The van der Waals surface area contributed by atoms with Crippen molar-refractivity contribution in [3.63, 3.8) is 0 Å². The van der Waals surface area contributed by atoms with Gasteiger partial charge in [-0.25, -0.2) is 4.98 Å². The zero-order chi connectivity index (χ0) is 19.9. The molecule has 0 saturated heterocycles. The van der Waals surface area contributed by atoms with E-state index in [0.717, 1.165) is 11.4 Å². The largest absolute Gasteiger partial charge is 0.467 e. The summed E-state index contributed by atoms with van der Waals surface area (Å²) in [4.78, 5) is 18.9. The second kappa shape index (κ2) is 8.89. The number of rotatable bonds is 7. The lowest BCUT2D eigenvalue weighted by molar-refractivity contribution is 0.0943. The number of furan rings is 1. The molecule has 1 amide bonds. The van der Waals surface area contributed by atoms with E-state index < -0.39 is 0 Å². The van der Waals surface area contributed by atoms with Gasteiger partial charge in [0.1, 0.15) is 11.5 Å². The fraction of sp³-hybridized carbons (Fsp3) is 0.0833. The van der Waals surface area contributed by atoms with Gasteiger partial charge in [-0.3, -0.25) is 4.79 Å². The molecule has 0 bridgehead atoms. The molecule has 0 saturated carbocycles. The topological polar surface area (TPSA) is 58.4 Å².